The van der Waals surface area contributed by atoms with E-state index in [4.69, 9.17) is 0 Å². The van der Waals surface area contributed by atoms with Crippen LogP contribution in [0.5, 0.6) is 0 Å². The topological polar surface area (TPSA) is 58.4 Å². The Morgan fingerprint density at radius 3 is 2.73 bits per heavy atom. The molecule has 3 heterocycles. The van der Waals surface area contributed by atoms with Crippen LogP contribution in [0.25, 0.3) is 0 Å². The van der Waals surface area contributed by atoms with E-state index in [2.05, 4.69) is 14.5 Å². The SMILES string of the molecule is CS[C@@H](C)C(=O)N1CCC2(CCC(=O)N(CCCn3ccnc3)C2)CC1. The van der Waals surface area contributed by atoms with E-state index in [-0.39, 0.29) is 22.5 Å². The Labute approximate surface area is 160 Å². The molecular formula is C19H30N4O2S. The Balaban J connectivity index is 1.51. The van der Waals surface area contributed by atoms with Gasteiger partial charge >= 0.3 is 0 Å². The van der Waals surface area contributed by atoms with Gasteiger partial charge in [-0.15, -0.1) is 0 Å². The molecule has 0 saturated carbocycles. The lowest BCUT2D eigenvalue weighted by molar-refractivity contribution is -0.142. The highest BCUT2D eigenvalue weighted by Gasteiger charge is 2.41. The minimum Gasteiger partial charge on any atom is -0.342 e. The summed E-state index contributed by atoms with van der Waals surface area (Å²) in [6, 6.07) is 0. The number of imidazole rings is 1. The molecule has 2 fully saturated rings. The highest BCUT2D eigenvalue weighted by Crippen LogP contribution is 2.40. The van der Waals surface area contributed by atoms with Crippen LogP contribution in [-0.2, 0) is 16.1 Å². The molecule has 0 N–H and O–H groups in total. The summed E-state index contributed by atoms with van der Waals surface area (Å²) in [6.45, 7) is 6.21. The second-order valence-corrected chi connectivity index (χ2v) is 8.85. The summed E-state index contributed by atoms with van der Waals surface area (Å²) in [5, 5.41) is 0.0386. The zero-order valence-electron chi connectivity index (χ0n) is 15.9. The van der Waals surface area contributed by atoms with Gasteiger partial charge in [0.1, 0.15) is 0 Å². The molecule has 0 aliphatic carbocycles. The number of rotatable bonds is 6. The zero-order chi connectivity index (χ0) is 18.6. The van der Waals surface area contributed by atoms with Crippen LogP contribution in [0.2, 0.25) is 0 Å². The first-order chi connectivity index (χ1) is 12.5. The monoisotopic (exact) mass is 378 g/mol. The van der Waals surface area contributed by atoms with Crippen molar-refractivity contribution in [3.63, 3.8) is 0 Å². The molecular weight excluding hydrogens is 348 g/mol. The van der Waals surface area contributed by atoms with Crippen molar-refractivity contribution in [1.29, 1.82) is 0 Å². The van der Waals surface area contributed by atoms with Gasteiger partial charge < -0.3 is 14.4 Å². The van der Waals surface area contributed by atoms with Crippen LogP contribution in [-0.4, -0.2) is 68.8 Å². The van der Waals surface area contributed by atoms with E-state index in [0.29, 0.717) is 6.42 Å². The molecule has 26 heavy (non-hydrogen) atoms. The van der Waals surface area contributed by atoms with Gasteiger partial charge in [-0.2, -0.15) is 11.8 Å². The Morgan fingerprint density at radius 1 is 1.31 bits per heavy atom. The number of thioether (sulfide) groups is 1. The number of amides is 2. The first-order valence-corrected chi connectivity index (χ1v) is 10.9. The van der Waals surface area contributed by atoms with Crippen molar-refractivity contribution in [3.05, 3.63) is 18.7 Å². The van der Waals surface area contributed by atoms with E-state index in [1.807, 2.05) is 30.6 Å². The van der Waals surface area contributed by atoms with Crippen LogP contribution in [0, 0.1) is 5.41 Å². The van der Waals surface area contributed by atoms with E-state index in [9.17, 15) is 9.59 Å². The second-order valence-electron chi connectivity index (χ2n) is 7.67. The second kappa shape index (κ2) is 8.46. The molecule has 2 aliphatic rings. The lowest BCUT2D eigenvalue weighted by atomic mass is 9.72. The third kappa shape index (κ3) is 4.42. The van der Waals surface area contributed by atoms with Gasteiger partial charge in [0.15, 0.2) is 0 Å². The number of hydrogen-bond donors (Lipinski definition) is 0. The van der Waals surface area contributed by atoms with Crippen LogP contribution in [0.3, 0.4) is 0 Å². The average molecular weight is 379 g/mol. The van der Waals surface area contributed by atoms with Crippen molar-refractivity contribution in [1.82, 2.24) is 19.4 Å². The zero-order valence-corrected chi connectivity index (χ0v) is 16.7. The number of piperidine rings is 2. The molecule has 0 aromatic carbocycles. The maximum Gasteiger partial charge on any atom is 0.235 e. The molecule has 144 valence electrons. The van der Waals surface area contributed by atoms with E-state index in [0.717, 1.165) is 58.4 Å². The van der Waals surface area contributed by atoms with Crippen LogP contribution in [0.15, 0.2) is 18.7 Å². The summed E-state index contributed by atoms with van der Waals surface area (Å²) in [7, 11) is 0. The average Bonchev–Trinajstić information content (AvgIpc) is 3.17. The normalized spacial score (nSPS) is 21.2. The minimum absolute atomic E-state index is 0.0386. The lowest BCUT2D eigenvalue weighted by Crippen LogP contribution is -2.53. The quantitative estimate of drug-likeness (QED) is 0.762. The largest absolute Gasteiger partial charge is 0.342 e. The van der Waals surface area contributed by atoms with Crippen LogP contribution < -0.4 is 0 Å². The number of carbonyl (C=O) groups is 2. The first-order valence-electron chi connectivity index (χ1n) is 9.58. The molecule has 0 bridgehead atoms. The fraction of sp³-hybridized carbons (Fsp3) is 0.737. The molecule has 3 rings (SSSR count). The third-order valence-electron chi connectivity index (χ3n) is 5.99. The van der Waals surface area contributed by atoms with Crippen molar-refractivity contribution in [3.8, 4) is 0 Å². The maximum absolute atomic E-state index is 12.4. The number of hydrogen-bond acceptors (Lipinski definition) is 4. The fourth-order valence-corrected chi connectivity index (χ4v) is 4.49. The van der Waals surface area contributed by atoms with E-state index in [1.54, 1.807) is 18.0 Å². The minimum atomic E-state index is 0.0386. The number of aryl methyl sites for hydroxylation is 1. The molecule has 1 aromatic rings. The van der Waals surface area contributed by atoms with Crippen LogP contribution >= 0.6 is 11.8 Å². The molecule has 2 amide bonds. The van der Waals surface area contributed by atoms with E-state index >= 15 is 0 Å². The van der Waals surface area contributed by atoms with Gasteiger partial charge in [0.05, 0.1) is 11.6 Å². The van der Waals surface area contributed by atoms with Gasteiger partial charge in [0.25, 0.3) is 0 Å². The number of aromatic nitrogens is 2. The maximum atomic E-state index is 12.4. The standard InChI is InChI=1S/C19H30N4O2S/c1-16(26-2)18(25)22-11-6-19(7-12-22)5-4-17(24)23(14-19)10-3-9-21-13-8-20-15-21/h8,13,15-16H,3-7,9-12,14H2,1-2H3/t16-/m0/s1. The van der Waals surface area contributed by atoms with Gasteiger partial charge in [0.2, 0.25) is 11.8 Å². The molecule has 0 unspecified atom stereocenters. The Hall–Kier alpha value is -1.50. The summed E-state index contributed by atoms with van der Waals surface area (Å²) >= 11 is 1.61. The van der Waals surface area contributed by atoms with Crippen molar-refractivity contribution in [2.75, 3.05) is 32.4 Å². The highest BCUT2D eigenvalue weighted by molar-refractivity contribution is 7.99. The molecule has 6 nitrogen and oxygen atoms in total. The summed E-state index contributed by atoms with van der Waals surface area (Å²) in [4.78, 5) is 32.9. The molecule has 0 radical (unpaired) electrons. The molecule has 1 atom stereocenters. The van der Waals surface area contributed by atoms with E-state index < -0.39 is 0 Å². The highest BCUT2D eigenvalue weighted by atomic mass is 32.2. The van der Waals surface area contributed by atoms with Gasteiger partial charge in [0, 0.05) is 51.5 Å². The molecule has 1 spiro atoms. The van der Waals surface area contributed by atoms with E-state index in [1.165, 1.54) is 0 Å². The molecule has 2 saturated heterocycles. The smallest absolute Gasteiger partial charge is 0.235 e. The summed E-state index contributed by atoms with van der Waals surface area (Å²) in [5.41, 5.74) is 0.211. The Morgan fingerprint density at radius 2 is 2.08 bits per heavy atom. The number of nitrogens with zero attached hydrogens (tertiary/aromatic N) is 4. The van der Waals surface area contributed by atoms with Gasteiger partial charge in [-0.1, -0.05) is 0 Å². The molecule has 2 aliphatic heterocycles. The van der Waals surface area contributed by atoms with Crippen LogP contribution in [0.1, 0.15) is 39.0 Å². The first kappa shape index (κ1) is 19.3. The third-order valence-corrected chi connectivity index (χ3v) is 6.90. The Bertz CT molecular complexity index is 611. The predicted molar refractivity (Wildman–Crippen MR) is 104 cm³/mol. The van der Waals surface area contributed by atoms with Crippen molar-refractivity contribution in [2.45, 2.75) is 50.8 Å². The fourth-order valence-electron chi connectivity index (χ4n) is 4.14. The predicted octanol–water partition coefficient (Wildman–Crippen LogP) is 2.26. The van der Waals surface area contributed by atoms with Crippen molar-refractivity contribution in [2.24, 2.45) is 5.41 Å². The van der Waals surface area contributed by atoms with Gasteiger partial charge in [-0.25, -0.2) is 4.98 Å². The number of likely N-dealkylation sites (tertiary alicyclic amines) is 2. The number of carbonyl (C=O) groups excluding carboxylic acids is 2. The summed E-state index contributed by atoms with van der Waals surface area (Å²) in [5.74, 6) is 0.548. The van der Waals surface area contributed by atoms with Crippen LogP contribution in [0.4, 0.5) is 0 Å². The van der Waals surface area contributed by atoms with Crippen molar-refractivity contribution >= 4 is 23.6 Å². The Kier molecular flexibility index (Phi) is 6.27. The summed E-state index contributed by atoms with van der Waals surface area (Å²) in [6.07, 6.45) is 12.2. The van der Waals surface area contributed by atoms with Gasteiger partial charge in [-0.05, 0) is 44.3 Å². The molecule has 1 aromatic heterocycles. The summed E-state index contributed by atoms with van der Waals surface area (Å²) < 4.78 is 2.06. The van der Waals surface area contributed by atoms with Crippen molar-refractivity contribution < 1.29 is 9.59 Å². The van der Waals surface area contributed by atoms with Gasteiger partial charge in [-0.3, -0.25) is 9.59 Å². The lowest BCUT2D eigenvalue weighted by Gasteiger charge is -2.47. The molecule has 7 heteroatoms.